The molecule has 2 aromatic heterocycles. The normalized spacial score (nSPS) is 13.5. The highest BCUT2D eigenvalue weighted by Gasteiger charge is 2.38. The Bertz CT molecular complexity index is 2370. The van der Waals surface area contributed by atoms with Crippen LogP contribution in [-0.4, -0.2) is 14.5 Å². The molecule has 4 heteroatoms. The molecule has 0 saturated heterocycles. The van der Waals surface area contributed by atoms with E-state index in [4.69, 9.17) is 14.7 Å². The first-order chi connectivity index (χ1) is 22.1. The van der Waals surface area contributed by atoms with E-state index in [1.165, 1.54) is 21.9 Å². The number of fused-ring (bicyclic) bond motifs is 9. The largest absolute Gasteiger partial charge is 0.454 e. The van der Waals surface area contributed by atoms with Crippen LogP contribution in [-0.2, 0) is 5.41 Å². The van der Waals surface area contributed by atoms with Crippen molar-refractivity contribution in [2.24, 2.45) is 0 Å². The topological polar surface area (TPSA) is 39.9 Å². The molecule has 0 amide bonds. The smallest absolute Gasteiger partial charge is 0.235 e. The van der Waals surface area contributed by atoms with Gasteiger partial charge in [-0.25, -0.2) is 9.97 Å². The molecule has 0 bridgehead atoms. The Labute approximate surface area is 261 Å². The van der Waals surface area contributed by atoms with Crippen LogP contribution in [0.4, 0.5) is 0 Å². The lowest BCUT2D eigenvalue weighted by Gasteiger charge is -2.36. The molecule has 8 aromatic rings. The monoisotopic (exact) mass is 579 g/mol. The van der Waals surface area contributed by atoms with Gasteiger partial charge in [-0.05, 0) is 29.0 Å². The Morgan fingerprint density at radius 3 is 1.82 bits per heavy atom. The minimum atomic E-state index is -0.304. The minimum absolute atomic E-state index is 0.304. The third-order valence-electron chi connectivity index (χ3n) is 9.23. The van der Waals surface area contributed by atoms with Crippen LogP contribution in [0, 0.1) is 0 Å². The van der Waals surface area contributed by atoms with Crippen LogP contribution in [0.3, 0.4) is 0 Å². The molecule has 0 N–H and O–H groups in total. The zero-order valence-electron chi connectivity index (χ0n) is 25.0. The van der Waals surface area contributed by atoms with Crippen LogP contribution < -0.4 is 4.74 Å². The van der Waals surface area contributed by atoms with Gasteiger partial charge < -0.3 is 4.74 Å². The van der Waals surface area contributed by atoms with Gasteiger partial charge in [0.15, 0.2) is 5.75 Å². The number of hydrogen-bond donors (Lipinski definition) is 0. The van der Waals surface area contributed by atoms with Gasteiger partial charge in [0, 0.05) is 38.4 Å². The maximum atomic E-state index is 6.98. The number of aromatic nitrogens is 3. The van der Waals surface area contributed by atoms with Crippen LogP contribution >= 0.6 is 0 Å². The van der Waals surface area contributed by atoms with Crippen molar-refractivity contribution in [3.05, 3.63) is 151 Å². The summed E-state index contributed by atoms with van der Waals surface area (Å²) in [6.07, 6.45) is 0. The van der Waals surface area contributed by atoms with Gasteiger partial charge in [0.25, 0.3) is 0 Å². The number of ether oxygens (including phenoxy) is 1. The number of rotatable bonds is 3. The van der Waals surface area contributed by atoms with Crippen LogP contribution in [0.1, 0.15) is 25.0 Å². The van der Waals surface area contributed by atoms with Crippen LogP contribution in [0.25, 0.3) is 61.0 Å². The van der Waals surface area contributed by atoms with E-state index >= 15 is 0 Å². The van der Waals surface area contributed by atoms with Gasteiger partial charge in [-0.1, -0.05) is 135 Å². The lowest BCUT2D eigenvalue weighted by Crippen LogP contribution is -2.25. The highest BCUT2D eigenvalue weighted by Crippen LogP contribution is 2.55. The molecule has 6 aromatic carbocycles. The molecule has 0 unspecified atom stereocenters. The van der Waals surface area contributed by atoms with E-state index in [9.17, 15) is 0 Å². The average Bonchev–Trinajstić information content (AvgIpc) is 3.45. The Morgan fingerprint density at radius 2 is 1.13 bits per heavy atom. The van der Waals surface area contributed by atoms with Gasteiger partial charge in [-0.15, -0.1) is 0 Å². The minimum Gasteiger partial charge on any atom is -0.454 e. The maximum Gasteiger partial charge on any atom is 0.235 e. The van der Waals surface area contributed by atoms with Crippen molar-refractivity contribution in [3.8, 4) is 40.0 Å². The van der Waals surface area contributed by atoms with E-state index < -0.39 is 0 Å². The predicted molar refractivity (Wildman–Crippen MR) is 183 cm³/mol. The SMILES string of the molecule is CC1(C)c2ccccc2Oc2c1c1ccccc1c1c3ccccc3n(-c3nc(-c4ccccc4)cc(-c4ccccc4)n3)c21. The summed E-state index contributed by atoms with van der Waals surface area (Å²) in [5, 5.41) is 4.68. The molecular weight excluding hydrogens is 550 g/mol. The zero-order valence-corrected chi connectivity index (χ0v) is 25.0. The molecule has 0 saturated carbocycles. The molecule has 1 aliphatic rings. The van der Waals surface area contributed by atoms with Crippen LogP contribution in [0.5, 0.6) is 11.5 Å². The van der Waals surface area contributed by atoms with E-state index in [-0.39, 0.29) is 5.41 Å². The molecule has 214 valence electrons. The van der Waals surface area contributed by atoms with Crippen LogP contribution in [0.2, 0.25) is 0 Å². The lowest BCUT2D eigenvalue weighted by atomic mass is 9.73. The van der Waals surface area contributed by atoms with Gasteiger partial charge in [-0.3, -0.25) is 4.57 Å². The fourth-order valence-electron chi connectivity index (χ4n) is 7.18. The van der Waals surface area contributed by atoms with E-state index in [0.29, 0.717) is 5.95 Å². The summed E-state index contributed by atoms with van der Waals surface area (Å²) in [7, 11) is 0. The fourth-order valence-corrected chi connectivity index (χ4v) is 7.18. The molecule has 0 radical (unpaired) electrons. The van der Waals surface area contributed by atoms with E-state index in [0.717, 1.165) is 55.8 Å². The standard InChI is InChI=1S/C41H29N3O/c1-41(2)31-22-12-14-24-35(31)45-39-37(41)29-20-10-9-19-28(29)36-30-21-11-13-23-34(30)44(38(36)39)40-42-32(26-15-5-3-6-16-26)25-33(43-40)27-17-7-4-8-18-27/h3-25H,1-2H3. The van der Waals surface area contributed by atoms with E-state index in [1.54, 1.807) is 0 Å². The maximum absolute atomic E-state index is 6.98. The van der Waals surface area contributed by atoms with Gasteiger partial charge in [0.2, 0.25) is 5.95 Å². The van der Waals surface area contributed by atoms with Crippen molar-refractivity contribution in [1.82, 2.24) is 14.5 Å². The van der Waals surface area contributed by atoms with Crippen molar-refractivity contribution < 1.29 is 4.74 Å². The summed E-state index contributed by atoms with van der Waals surface area (Å²) in [5.74, 6) is 2.35. The summed E-state index contributed by atoms with van der Waals surface area (Å²) in [6, 6.07) is 48.5. The summed E-state index contributed by atoms with van der Waals surface area (Å²) in [6.45, 7) is 4.61. The molecule has 3 heterocycles. The Morgan fingerprint density at radius 1 is 0.578 bits per heavy atom. The average molecular weight is 580 g/mol. The van der Waals surface area contributed by atoms with Crippen molar-refractivity contribution in [2.75, 3.05) is 0 Å². The fraction of sp³-hybridized carbons (Fsp3) is 0.0732. The Hall–Kier alpha value is -5.74. The summed E-state index contributed by atoms with van der Waals surface area (Å²) >= 11 is 0. The predicted octanol–water partition coefficient (Wildman–Crippen LogP) is 10.5. The van der Waals surface area contributed by atoms with Crippen molar-refractivity contribution in [2.45, 2.75) is 19.3 Å². The second kappa shape index (κ2) is 9.63. The molecular formula is C41H29N3O. The van der Waals surface area contributed by atoms with Crippen molar-refractivity contribution >= 4 is 32.6 Å². The first kappa shape index (κ1) is 25.7. The quantitative estimate of drug-likeness (QED) is 0.209. The molecule has 0 atom stereocenters. The van der Waals surface area contributed by atoms with Crippen molar-refractivity contribution in [3.63, 3.8) is 0 Å². The highest BCUT2D eigenvalue weighted by atomic mass is 16.5. The molecule has 9 rings (SSSR count). The van der Waals surface area contributed by atoms with Crippen LogP contribution in [0.15, 0.2) is 140 Å². The Balaban J connectivity index is 1.47. The molecule has 0 spiro atoms. The number of nitrogens with zero attached hydrogens (tertiary/aromatic N) is 3. The van der Waals surface area contributed by atoms with E-state index in [1.807, 2.05) is 18.2 Å². The van der Waals surface area contributed by atoms with Gasteiger partial charge >= 0.3 is 0 Å². The zero-order chi connectivity index (χ0) is 30.1. The second-order valence-electron chi connectivity index (χ2n) is 12.2. The molecule has 0 fully saturated rings. The van der Waals surface area contributed by atoms with Gasteiger partial charge in [-0.2, -0.15) is 0 Å². The summed E-state index contributed by atoms with van der Waals surface area (Å²) in [5.41, 5.74) is 7.89. The lowest BCUT2D eigenvalue weighted by molar-refractivity contribution is 0.424. The highest BCUT2D eigenvalue weighted by molar-refractivity contribution is 6.24. The van der Waals surface area contributed by atoms with Gasteiger partial charge in [0.05, 0.1) is 16.9 Å². The first-order valence-corrected chi connectivity index (χ1v) is 15.4. The summed E-state index contributed by atoms with van der Waals surface area (Å²) < 4.78 is 9.20. The van der Waals surface area contributed by atoms with Gasteiger partial charge in [0.1, 0.15) is 11.3 Å². The molecule has 4 nitrogen and oxygen atoms in total. The third kappa shape index (κ3) is 3.79. The molecule has 0 aliphatic carbocycles. The van der Waals surface area contributed by atoms with Crippen molar-refractivity contribution in [1.29, 1.82) is 0 Å². The van der Waals surface area contributed by atoms with E-state index in [2.05, 4.69) is 140 Å². The summed E-state index contributed by atoms with van der Waals surface area (Å²) in [4.78, 5) is 10.6. The number of para-hydroxylation sites is 2. The number of hydrogen-bond acceptors (Lipinski definition) is 3. The Kier molecular flexibility index (Phi) is 5.51. The second-order valence-corrected chi connectivity index (χ2v) is 12.2. The molecule has 1 aliphatic heterocycles. The first-order valence-electron chi connectivity index (χ1n) is 15.4. The number of benzene rings is 6. The third-order valence-corrected chi connectivity index (χ3v) is 9.23. The molecule has 45 heavy (non-hydrogen) atoms.